The van der Waals surface area contributed by atoms with Crippen molar-refractivity contribution < 1.29 is 19.4 Å². The second-order valence-electron chi connectivity index (χ2n) is 7.52. The van der Waals surface area contributed by atoms with E-state index in [1.807, 2.05) is 42.5 Å². The second kappa shape index (κ2) is 9.87. The number of carbonyl (C=O) groups excluding carboxylic acids is 1. The number of carbonyl (C=O) groups is 1. The third-order valence-corrected chi connectivity index (χ3v) is 5.26. The SMILES string of the molecule is COc1ccc(O)c(/C(C)=N/NC(=O)c2ccc(COc3ccc4ccccc4c3)cc2)c1. The molecule has 0 atom stereocenters. The topological polar surface area (TPSA) is 80.2 Å². The quantitative estimate of drug-likeness (QED) is 0.302. The number of hydrogen-bond donors (Lipinski definition) is 2. The van der Waals surface area contributed by atoms with E-state index in [2.05, 4.69) is 22.7 Å². The molecule has 0 fully saturated rings. The average Bonchev–Trinajstić information content (AvgIpc) is 2.86. The third-order valence-electron chi connectivity index (χ3n) is 5.26. The van der Waals surface area contributed by atoms with Crippen LogP contribution in [0.1, 0.15) is 28.4 Å². The largest absolute Gasteiger partial charge is 0.507 e. The number of hydrogen-bond acceptors (Lipinski definition) is 5. The molecular weight excluding hydrogens is 416 g/mol. The Bertz CT molecular complexity index is 1310. The van der Waals surface area contributed by atoms with Crippen LogP contribution in [-0.2, 0) is 6.61 Å². The van der Waals surface area contributed by atoms with E-state index >= 15 is 0 Å². The van der Waals surface area contributed by atoms with Crippen LogP contribution in [-0.4, -0.2) is 23.8 Å². The highest BCUT2D eigenvalue weighted by atomic mass is 16.5. The lowest BCUT2D eigenvalue weighted by atomic mass is 10.1. The molecule has 2 N–H and O–H groups in total. The minimum atomic E-state index is -0.348. The summed E-state index contributed by atoms with van der Waals surface area (Å²) >= 11 is 0. The number of nitrogens with zero attached hydrogens (tertiary/aromatic N) is 1. The van der Waals surface area contributed by atoms with Crippen LogP contribution in [0.5, 0.6) is 17.2 Å². The average molecular weight is 440 g/mol. The first-order chi connectivity index (χ1) is 16.0. The second-order valence-corrected chi connectivity index (χ2v) is 7.52. The normalized spacial score (nSPS) is 11.3. The first-order valence-corrected chi connectivity index (χ1v) is 10.5. The van der Waals surface area contributed by atoms with E-state index in [0.29, 0.717) is 29.2 Å². The molecule has 0 radical (unpaired) electrons. The summed E-state index contributed by atoms with van der Waals surface area (Å²) in [6.07, 6.45) is 0. The van der Waals surface area contributed by atoms with E-state index in [0.717, 1.165) is 16.7 Å². The maximum absolute atomic E-state index is 12.5. The van der Waals surface area contributed by atoms with Gasteiger partial charge in [-0.05, 0) is 65.7 Å². The molecule has 0 aromatic heterocycles. The number of nitrogens with one attached hydrogen (secondary N) is 1. The number of methoxy groups -OCH3 is 1. The number of phenolic OH excluding ortho intramolecular Hbond substituents is 1. The number of amides is 1. The van der Waals surface area contributed by atoms with Crippen LogP contribution in [0, 0.1) is 0 Å². The van der Waals surface area contributed by atoms with Gasteiger partial charge in [0.05, 0.1) is 12.8 Å². The lowest BCUT2D eigenvalue weighted by Crippen LogP contribution is -2.19. The van der Waals surface area contributed by atoms with Gasteiger partial charge in [0, 0.05) is 11.1 Å². The summed E-state index contributed by atoms with van der Waals surface area (Å²) < 4.78 is 11.1. The first-order valence-electron chi connectivity index (χ1n) is 10.5. The molecule has 0 aliphatic carbocycles. The van der Waals surface area contributed by atoms with Crippen molar-refractivity contribution >= 4 is 22.4 Å². The summed E-state index contributed by atoms with van der Waals surface area (Å²) in [5.41, 5.74) is 4.88. The fraction of sp³-hybridized carbons (Fsp3) is 0.111. The zero-order valence-corrected chi connectivity index (χ0v) is 18.4. The van der Waals surface area contributed by atoms with Gasteiger partial charge in [0.2, 0.25) is 0 Å². The predicted molar refractivity (Wildman–Crippen MR) is 129 cm³/mol. The molecule has 0 aliphatic rings. The summed E-state index contributed by atoms with van der Waals surface area (Å²) in [4.78, 5) is 12.5. The smallest absolute Gasteiger partial charge is 0.271 e. The summed E-state index contributed by atoms with van der Waals surface area (Å²) in [6.45, 7) is 2.09. The number of rotatable bonds is 7. The maximum Gasteiger partial charge on any atom is 0.271 e. The molecule has 6 heteroatoms. The molecule has 0 spiro atoms. The standard InChI is InChI=1S/C27H24N2O4/c1-18(25-16-23(32-2)13-14-26(25)30)28-29-27(31)21-9-7-19(8-10-21)17-33-24-12-11-20-5-3-4-6-22(20)15-24/h3-16,30H,17H2,1-2H3,(H,29,31)/b28-18+. The summed E-state index contributed by atoms with van der Waals surface area (Å²) in [7, 11) is 1.54. The zero-order valence-electron chi connectivity index (χ0n) is 18.4. The van der Waals surface area contributed by atoms with Gasteiger partial charge in [-0.1, -0.05) is 42.5 Å². The fourth-order valence-corrected chi connectivity index (χ4v) is 3.37. The highest BCUT2D eigenvalue weighted by molar-refractivity contribution is 6.02. The van der Waals surface area contributed by atoms with Gasteiger partial charge in [-0.2, -0.15) is 5.10 Å². The number of fused-ring (bicyclic) bond motifs is 1. The van der Waals surface area contributed by atoms with Crippen LogP contribution in [0.25, 0.3) is 10.8 Å². The van der Waals surface area contributed by atoms with Crippen molar-refractivity contribution in [3.05, 3.63) is 102 Å². The molecule has 0 saturated heterocycles. The molecule has 4 aromatic rings. The Balaban J connectivity index is 1.37. The van der Waals surface area contributed by atoms with Gasteiger partial charge in [-0.3, -0.25) is 4.79 Å². The highest BCUT2D eigenvalue weighted by Crippen LogP contribution is 2.24. The van der Waals surface area contributed by atoms with Crippen molar-refractivity contribution in [2.45, 2.75) is 13.5 Å². The van der Waals surface area contributed by atoms with Crippen molar-refractivity contribution in [3.8, 4) is 17.2 Å². The molecular formula is C27H24N2O4. The summed E-state index contributed by atoms with van der Waals surface area (Å²) in [5.74, 6) is 1.09. The minimum Gasteiger partial charge on any atom is -0.507 e. The Hall–Kier alpha value is -4.32. The van der Waals surface area contributed by atoms with Crippen molar-refractivity contribution in [2.24, 2.45) is 5.10 Å². The van der Waals surface area contributed by atoms with Crippen LogP contribution in [0.4, 0.5) is 0 Å². The Kier molecular flexibility index (Phi) is 6.55. The van der Waals surface area contributed by atoms with Crippen LogP contribution in [0.2, 0.25) is 0 Å². The lowest BCUT2D eigenvalue weighted by Gasteiger charge is -2.09. The number of aromatic hydroxyl groups is 1. The van der Waals surface area contributed by atoms with E-state index in [1.54, 1.807) is 38.3 Å². The van der Waals surface area contributed by atoms with E-state index in [4.69, 9.17) is 9.47 Å². The Labute approximate surface area is 192 Å². The Morgan fingerprint density at radius 2 is 1.64 bits per heavy atom. The third kappa shape index (κ3) is 5.30. The lowest BCUT2D eigenvalue weighted by molar-refractivity contribution is 0.0954. The van der Waals surface area contributed by atoms with E-state index in [9.17, 15) is 9.90 Å². The predicted octanol–water partition coefficient (Wildman–Crippen LogP) is 5.29. The number of benzene rings is 4. The van der Waals surface area contributed by atoms with Gasteiger partial charge in [0.15, 0.2) is 0 Å². The van der Waals surface area contributed by atoms with Crippen LogP contribution in [0.3, 0.4) is 0 Å². The Morgan fingerprint density at radius 3 is 2.39 bits per heavy atom. The Morgan fingerprint density at radius 1 is 0.909 bits per heavy atom. The van der Waals surface area contributed by atoms with Crippen LogP contribution in [0.15, 0.2) is 90.0 Å². The highest BCUT2D eigenvalue weighted by Gasteiger charge is 2.09. The minimum absolute atomic E-state index is 0.0575. The first kappa shape index (κ1) is 21.9. The molecule has 1 amide bonds. The zero-order chi connectivity index (χ0) is 23.2. The van der Waals surface area contributed by atoms with Gasteiger partial charge >= 0.3 is 0 Å². The van der Waals surface area contributed by atoms with Gasteiger partial charge < -0.3 is 14.6 Å². The van der Waals surface area contributed by atoms with Gasteiger partial charge in [0.25, 0.3) is 5.91 Å². The summed E-state index contributed by atoms with van der Waals surface area (Å²) in [5, 5.41) is 16.4. The van der Waals surface area contributed by atoms with Crippen LogP contribution >= 0.6 is 0 Å². The van der Waals surface area contributed by atoms with Crippen molar-refractivity contribution in [1.29, 1.82) is 0 Å². The van der Waals surface area contributed by atoms with E-state index < -0.39 is 0 Å². The molecule has 166 valence electrons. The maximum atomic E-state index is 12.5. The molecule has 33 heavy (non-hydrogen) atoms. The monoisotopic (exact) mass is 440 g/mol. The molecule has 0 aliphatic heterocycles. The molecule has 0 bridgehead atoms. The molecule has 4 aromatic carbocycles. The number of hydrazone groups is 1. The van der Waals surface area contributed by atoms with Gasteiger partial charge in [-0.15, -0.1) is 0 Å². The number of ether oxygens (including phenoxy) is 2. The van der Waals surface area contributed by atoms with Crippen molar-refractivity contribution in [2.75, 3.05) is 7.11 Å². The van der Waals surface area contributed by atoms with Gasteiger partial charge in [-0.25, -0.2) is 5.43 Å². The van der Waals surface area contributed by atoms with E-state index in [1.165, 1.54) is 11.5 Å². The molecule has 0 heterocycles. The molecule has 4 rings (SSSR count). The van der Waals surface area contributed by atoms with Gasteiger partial charge in [0.1, 0.15) is 23.9 Å². The molecule has 0 unspecified atom stereocenters. The molecule has 0 saturated carbocycles. The van der Waals surface area contributed by atoms with Crippen LogP contribution < -0.4 is 14.9 Å². The van der Waals surface area contributed by atoms with E-state index in [-0.39, 0.29) is 11.7 Å². The van der Waals surface area contributed by atoms with Crippen molar-refractivity contribution in [1.82, 2.24) is 5.43 Å². The number of phenols is 1. The summed E-state index contributed by atoms with van der Waals surface area (Å²) in [6, 6.07) is 26.1. The fourth-order valence-electron chi connectivity index (χ4n) is 3.37. The molecule has 6 nitrogen and oxygen atoms in total. The van der Waals surface area contributed by atoms with Crippen molar-refractivity contribution in [3.63, 3.8) is 0 Å².